The van der Waals surface area contributed by atoms with Gasteiger partial charge in [-0.1, -0.05) is 18.2 Å². The van der Waals surface area contributed by atoms with Gasteiger partial charge in [0, 0.05) is 23.5 Å². The summed E-state index contributed by atoms with van der Waals surface area (Å²) >= 11 is 0. The van der Waals surface area contributed by atoms with Crippen molar-refractivity contribution in [3.8, 4) is 0 Å². The highest BCUT2D eigenvalue weighted by atomic mass is 16.4. The number of aliphatic hydroxyl groups excluding tert-OH is 1. The zero-order chi connectivity index (χ0) is 27.7. The minimum atomic E-state index is -1.73. The Morgan fingerprint density at radius 3 is 2.05 bits per heavy atom. The number of H-pyrrole nitrogens is 1. The minimum Gasteiger partial charge on any atom is -0.481 e. The van der Waals surface area contributed by atoms with Crippen molar-refractivity contribution < 1.29 is 44.1 Å². The van der Waals surface area contributed by atoms with Gasteiger partial charge in [-0.05, 0) is 11.6 Å². The molecule has 4 amide bonds. The molecule has 15 heteroatoms. The zero-order valence-electron chi connectivity index (χ0n) is 19.5. The number of nitrogens with one attached hydrogen (secondary N) is 4. The number of carboxylic acid groups (broad SMARTS) is 2. The highest BCUT2D eigenvalue weighted by Gasteiger charge is 2.31. The number of para-hydroxylation sites is 1. The Balaban J connectivity index is 2.10. The van der Waals surface area contributed by atoms with E-state index in [1.54, 1.807) is 30.5 Å². The number of hydrogen-bond donors (Lipinski definition) is 9. The second-order valence-corrected chi connectivity index (χ2v) is 8.14. The lowest BCUT2D eigenvalue weighted by molar-refractivity contribution is -0.143. The second-order valence-electron chi connectivity index (χ2n) is 8.14. The van der Waals surface area contributed by atoms with Gasteiger partial charge in [-0.2, -0.15) is 0 Å². The number of aliphatic hydroxyl groups is 1. The largest absolute Gasteiger partial charge is 0.481 e. The summed E-state index contributed by atoms with van der Waals surface area (Å²) in [5.74, 6) is -7.04. The van der Waals surface area contributed by atoms with Crippen LogP contribution in [-0.4, -0.2) is 86.6 Å². The van der Waals surface area contributed by atoms with E-state index in [1.165, 1.54) is 0 Å². The first-order valence-electron chi connectivity index (χ1n) is 11.0. The van der Waals surface area contributed by atoms with Gasteiger partial charge in [0.05, 0.1) is 25.5 Å². The first kappa shape index (κ1) is 28.7. The number of carbonyl (C=O) groups is 6. The molecular weight excluding hydrogens is 492 g/mol. The van der Waals surface area contributed by atoms with E-state index in [1.807, 2.05) is 0 Å². The maximum atomic E-state index is 12.7. The van der Waals surface area contributed by atoms with Crippen LogP contribution >= 0.6 is 0 Å². The standard InChI is InChI=1S/C22H28N6O9/c23-12(6-17(24)30)19(33)26-14(7-18(31)32)20(34)28-16(9-29)21(35)27-15(22(36)37)5-10-8-25-13-4-2-1-3-11(10)13/h1-4,8,12,14-16,25,29H,5-7,9,23H2,(H2,24,30)(H,26,33)(H,27,35)(H,28,34)(H,31,32)(H,36,37). The molecule has 11 N–H and O–H groups in total. The summed E-state index contributed by atoms with van der Waals surface area (Å²) in [4.78, 5) is 74.3. The Hall–Kier alpha value is -4.50. The molecule has 1 heterocycles. The van der Waals surface area contributed by atoms with Crippen molar-refractivity contribution in [1.82, 2.24) is 20.9 Å². The van der Waals surface area contributed by atoms with Crippen molar-refractivity contribution >= 4 is 46.5 Å². The monoisotopic (exact) mass is 520 g/mol. The van der Waals surface area contributed by atoms with Crippen molar-refractivity contribution in [3.05, 3.63) is 36.0 Å². The van der Waals surface area contributed by atoms with E-state index in [0.29, 0.717) is 5.56 Å². The highest BCUT2D eigenvalue weighted by molar-refractivity contribution is 5.96. The molecule has 0 aliphatic rings. The molecule has 15 nitrogen and oxygen atoms in total. The van der Waals surface area contributed by atoms with Gasteiger partial charge in [-0.25, -0.2) is 4.79 Å². The molecule has 2 rings (SSSR count). The van der Waals surface area contributed by atoms with Crippen molar-refractivity contribution in [3.63, 3.8) is 0 Å². The molecule has 0 aliphatic carbocycles. The normalized spacial score (nSPS) is 14.1. The van der Waals surface area contributed by atoms with Gasteiger partial charge in [0.1, 0.15) is 18.1 Å². The quantitative estimate of drug-likeness (QED) is 0.121. The van der Waals surface area contributed by atoms with E-state index >= 15 is 0 Å². The Labute approximate surface area is 209 Å². The van der Waals surface area contributed by atoms with Gasteiger partial charge in [0.25, 0.3) is 0 Å². The molecule has 0 aliphatic heterocycles. The molecule has 2 aromatic rings. The summed E-state index contributed by atoms with van der Waals surface area (Å²) < 4.78 is 0. The van der Waals surface area contributed by atoms with Crippen LogP contribution in [0.4, 0.5) is 0 Å². The number of aliphatic carboxylic acids is 2. The molecule has 4 unspecified atom stereocenters. The van der Waals surface area contributed by atoms with E-state index < -0.39 is 79.2 Å². The molecular formula is C22H28N6O9. The molecule has 0 bridgehead atoms. The summed E-state index contributed by atoms with van der Waals surface area (Å²) in [6, 6.07) is 0.815. The predicted molar refractivity (Wildman–Crippen MR) is 127 cm³/mol. The number of amides is 4. The fourth-order valence-electron chi connectivity index (χ4n) is 3.43. The Bertz CT molecular complexity index is 1180. The summed E-state index contributed by atoms with van der Waals surface area (Å²) in [5, 5.41) is 35.4. The second kappa shape index (κ2) is 13.0. The van der Waals surface area contributed by atoms with E-state index in [4.69, 9.17) is 16.6 Å². The van der Waals surface area contributed by atoms with Crippen molar-refractivity contribution in [2.45, 2.75) is 43.4 Å². The van der Waals surface area contributed by atoms with E-state index in [2.05, 4.69) is 20.9 Å². The van der Waals surface area contributed by atoms with Gasteiger partial charge in [-0.15, -0.1) is 0 Å². The van der Waals surface area contributed by atoms with Crippen LogP contribution in [0.15, 0.2) is 30.5 Å². The van der Waals surface area contributed by atoms with Crippen LogP contribution in [0.1, 0.15) is 18.4 Å². The Morgan fingerprint density at radius 1 is 0.865 bits per heavy atom. The number of primary amides is 1. The van der Waals surface area contributed by atoms with E-state index in [0.717, 1.165) is 10.9 Å². The summed E-state index contributed by atoms with van der Waals surface area (Å²) in [7, 11) is 0. The van der Waals surface area contributed by atoms with Crippen LogP contribution in [0.25, 0.3) is 10.9 Å². The number of carbonyl (C=O) groups excluding carboxylic acids is 4. The highest BCUT2D eigenvalue weighted by Crippen LogP contribution is 2.19. The number of aromatic amines is 1. The number of benzene rings is 1. The molecule has 4 atom stereocenters. The SMILES string of the molecule is NC(=O)CC(N)C(=O)NC(CC(=O)O)C(=O)NC(CO)C(=O)NC(Cc1c[nH]c2ccccc12)C(=O)O. The first-order chi connectivity index (χ1) is 17.4. The molecule has 0 saturated carbocycles. The summed E-state index contributed by atoms with van der Waals surface area (Å²) in [6.45, 7) is -0.966. The molecule has 0 radical (unpaired) electrons. The topological polar surface area (TPSA) is 267 Å². The van der Waals surface area contributed by atoms with Crippen molar-refractivity contribution in [1.29, 1.82) is 0 Å². The lowest BCUT2D eigenvalue weighted by Crippen LogP contribution is -2.58. The Morgan fingerprint density at radius 2 is 1.46 bits per heavy atom. The lowest BCUT2D eigenvalue weighted by atomic mass is 10.0. The molecule has 0 fully saturated rings. The number of rotatable bonds is 14. The average molecular weight is 520 g/mol. The van der Waals surface area contributed by atoms with Gasteiger partial charge in [-0.3, -0.25) is 24.0 Å². The number of aromatic nitrogens is 1. The summed E-state index contributed by atoms with van der Waals surface area (Å²) in [5.41, 5.74) is 11.8. The van der Waals surface area contributed by atoms with Crippen molar-refractivity contribution in [2.75, 3.05) is 6.61 Å². The van der Waals surface area contributed by atoms with Gasteiger partial charge in [0.2, 0.25) is 23.6 Å². The predicted octanol–water partition coefficient (Wildman–Crippen LogP) is -3.08. The van der Waals surface area contributed by atoms with Gasteiger partial charge >= 0.3 is 11.9 Å². The third kappa shape index (κ3) is 8.29. The number of carboxylic acids is 2. The molecule has 0 spiro atoms. The van der Waals surface area contributed by atoms with Crippen LogP contribution in [0.3, 0.4) is 0 Å². The third-order valence-corrected chi connectivity index (χ3v) is 5.30. The third-order valence-electron chi connectivity index (χ3n) is 5.30. The van der Waals surface area contributed by atoms with Crippen LogP contribution in [0.5, 0.6) is 0 Å². The fraction of sp³-hybridized carbons (Fsp3) is 0.364. The van der Waals surface area contributed by atoms with Gasteiger partial charge < -0.3 is 47.7 Å². The van der Waals surface area contributed by atoms with Crippen LogP contribution in [-0.2, 0) is 35.2 Å². The maximum Gasteiger partial charge on any atom is 0.326 e. The van der Waals surface area contributed by atoms with Gasteiger partial charge in [0.15, 0.2) is 0 Å². The maximum absolute atomic E-state index is 12.7. The number of fused-ring (bicyclic) bond motifs is 1. The lowest BCUT2D eigenvalue weighted by Gasteiger charge is -2.23. The molecule has 200 valence electrons. The van der Waals surface area contributed by atoms with E-state index in [-0.39, 0.29) is 6.42 Å². The molecule has 1 aromatic carbocycles. The summed E-state index contributed by atoms with van der Waals surface area (Å²) in [6.07, 6.45) is -0.00627. The number of nitrogens with two attached hydrogens (primary N) is 2. The van der Waals surface area contributed by atoms with E-state index in [9.17, 15) is 39.0 Å². The minimum absolute atomic E-state index is 0.118. The fourth-order valence-corrected chi connectivity index (χ4v) is 3.43. The first-order valence-corrected chi connectivity index (χ1v) is 11.0. The van der Waals surface area contributed by atoms with Crippen molar-refractivity contribution in [2.24, 2.45) is 11.5 Å². The Kier molecular flexibility index (Phi) is 10.1. The van der Waals surface area contributed by atoms with Crippen LogP contribution < -0.4 is 27.4 Å². The average Bonchev–Trinajstić information content (AvgIpc) is 3.23. The zero-order valence-corrected chi connectivity index (χ0v) is 19.5. The molecule has 1 aromatic heterocycles. The van der Waals surface area contributed by atoms with Crippen LogP contribution in [0, 0.1) is 0 Å². The smallest absolute Gasteiger partial charge is 0.326 e. The molecule has 0 saturated heterocycles. The molecule has 37 heavy (non-hydrogen) atoms. The van der Waals surface area contributed by atoms with Crippen LogP contribution in [0.2, 0.25) is 0 Å². The number of hydrogen-bond acceptors (Lipinski definition) is 8.